The van der Waals surface area contributed by atoms with Crippen molar-refractivity contribution in [3.05, 3.63) is 35.4 Å². The first-order chi connectivity index (χ1) is 16.0. The number of nitrogens with zero attached hydrogens (tertiary/aromatic N) is 3. The minimum atomic E-state index is -0.430. The van der Waals surface area contributed by atoms with E-state index < -0.39 is 6.04 Å². The largest absolute Gasteiger partial charge is 0.377 e. The molecule has 8 heteroatoms. The zero-order valence-corrected chi connectivity index (χ0v) is 20.0. The number of benzene rings is 1. The Labute approximate surface area is 197 Å². The van der Waals surface area contributed by atoms with Gasteiger partial charge in [0.2, 0.25) is 11.8 Å². The monoisotopic (exact) mass is 458 g/mol. The normalized spacial score (nSPS) is 25.7. The molecule has 1 aromatic carbocycles. The van der Waals surface area contributed by atoms with Gasteiger partial charge in [0.1, 0.15) is 12.6 Å². The average molecular weight is 459 g/mol. The molecular weight excluding hydrogens is 420 g/mol. The Hall–Kier alpha value is -2.00. The molecule has 4 rings (SSSR count). The molecular formula is C25H38N4O4. The van der Waals surface area contributed by atoms with Crippen LogP contribution in [0.1, 0.15) is 30.4 Å². The van der Waals surface area contributed by atoms with Gasteiger partial charge >= 0.3 is 0 Å². The molecule has 3 aliphatic heterocycles. The van der Waals surface area contributed by atoms with E-state index in [1.165, 1.54) is 18.2 Å². The molecule has 0 radical (unpaired) electrons. The van der Waals surface area contributed by atoms with Gasteiger partial charge in [0.15, 0.2) is 0 Å². The number of amides is 2. The molecule has 1 aromatic rings. The molecule has 0 aliphatic carbocycles. The molecule has 0 aromatic heterocycles. The molecule has 1 N–H and O–H groups in total. The molecule has 2 amide bonds. The summed E-state index contributed by atoms with van der Waals surface area (Å²) in [5.74, 6) is -0.0447. The Morgan fingerprint density at radius 2 is 1.97 bits per heavy atom. The van der Waals surface area contributed by atoms with Crippen molar-refractivity contribution in [2.24, 2.45) is 0 Å². The average Bonchev–Trinajstić information content (AvgIpc) is 3.50. The van der Waals surface area contributed by atoms with Crippen molar-refractivity contribution in [2.45, 2.75) is 50.9 Å². The number of carbonyl (C=O) groups excluding carboxylic acids is 2. The lowest BCUT2D eigenvalue weighted by Crippen LogP contribution is -2.53. The standard InChI is InChI=1S/C25H38N4O4/c1-19-5-7-20(8-6-19)15-28(17-22-4-3-13-33-22)21-14-23(29(16-21)24(30)18-32-2)25(31)27-11-9-26-10-12-27/h5-8,21-23,26H,3-4,9-18H2,1-2H3. The Bertz CT molecular complexity index is 790. The summed E-state index contributed by atoms with van der Waals surface area (Å²) in [7, 11) is 1.53. The second-order valence-electron chi connectivity index (χ2n) is 9.51. The highest BCUT2D eigenvalue weighted by atomic mass is 16.5. The Morgan fingerprint density at radius 1 is 1.21 bits per heavy atom. The molecule has 0 spiro atoms. The van der Waals surface area contributed by atoms with E-state index in [0.717, 1.165) is 45.6 Å². The number of nitrogens with one attached hydrogen (secondary N) is 1. The van der Waals surface area contributed by atoms with E-state index in [9.17, 15) is 9.59 Å². The first-order valence-electron chi connectivity index (χ1n) is 12.2. The van der Waals surface area contributed by atoms with Crippen molar-refractivity contribution in [3.8, 4) is 0 Å². The summed E-state index contributed by atoms with van der Waals surface area (Å²) in [6.45, 7) is 8.03. The quantitative estimate of drug-likeness (QED) is 0.627. The third-order valence-corrected chi connectivity index (χ3v) is 7.07. The van der Waals surface area contributed by atoms with Crippen LogP contribution in [0.4, 0.5) is 0 Å². The predicted molar refractivity (Wildman–Crippen MR) is 126 cm³/mol. The van der Waals surface area contributed by atoms with Gasteiger partial charge in [0.05, 0.1) is 6.10 Å². The van der Waals surface area contributed by atoms with Crippen molar-refractivity contribution in [3.63, 3.8) is 0 Å². The molecule has 3 atom stereocenters. The third kappa shape index (κ3) is 6.12. The lowest BCUT2D eigenvalue weighted by atomic mass is 10.1. The first-order valence-corrected chi connectivity index (χ1v) is 12.2. The SMILES string of the molecule is COCC(=O)N1CC(N(Cc2ccc(C)cc2)CC2CCCO2)CC1C(=O)N1CCNCC1. The van der Waals surface area contributed by atoms with Gasteiger partial charge in [-0.05, 0) is 31.7 Å². The maximum absolute atomic E-state index is 13.4. The molecule has 3 heterocycles. The van der Waals surface area contributed by atoms with Crippen molar-refractivity contribution < 1.29 is 19.1 Å². The van der Waals surface area contributed by atoms with Gasteiger partial charge in [-0.1, -0.05) is 29.8 Å². The van der Waals surface area contributed by atoms with Gasteiger partial charge in [0, 0.05) is 65.6 Å². The minimum Gasteiger partial charge on any atom is -0.377 e. The van der Waals surface area contributed by atoms with Crippen LogP contribution in [-0.2, 0) is 25.6 Å². The van der Waals surface area contributed by atoms with Gasteiger partial charge in [-0.25, -0.2) is 0 Å². The van der Waals surface area contributed by atoms with Crippen LogP contribution in [0.3, 0.4) is 0 Å². The number of likely N-dealkylation sites (tertiary alicyclic amines) is 1. The maximum Gasteiger partial charge on any atom is 0.249 e. The van der Waals surface area contributed by atoms with E-state index in [-0.39, 0.29) is 30.6 Å². The molecule has 182 valence electrons. The fourth-order valence-electron chi connectivity index (χ4n) is 5.21. The fourth-order valence-corrected chi connectivity index (χ4v) is 5.21. The van der Waals surface area contributed by atoms with Gasteiger partial charge in [-0.2, -0.15) is 0 Å². The molecule has 3 unspecified atom stereocenters. The van der Waals surface area contributed by atoms with Crippen molar-refractivity contribution in [2.75, 3.05) is 59.6 Å². The van der Waals surface area contributed by atoms with E-state index >= 15 is 0 Å². The number of carbonyl (C=O) groups is 2. The van der Waals surface area contributed by atoms with E-state index in [1.54, 1.807) is 4.90 Å². The van der Waals surface area contributed by atoms with E-state index in [4.69, 9.17) is 9.47 Å². The Morgan fingerprint density at radius 3 is 2.64 bits per heavy atom. The summed E-state index contributed by atoms with van der Waals surface area (Å²) >= 11 is 0. The first kappa shape index (κ1) is 24.1. The van der Waals surface area contributed by atoms with Crippen molar-refractivity contribution in [1.82, 2.24) is 20.0 Å². The number of hydrogen-bond donors (Lipinski definition) is 1. The van der Waals surface area contributed by atoms with Crippen molar-refractivity contribution in [1.29, 1.82) is 0 Å². The second kappa shape index (κ2) is 11.4. The maximum atomic E-state index is 13.4. The number of hydrogen-bond acceptors (Lipinski definition) is 6. The highest BCUT2D eigenvalue weighted by Gasteiger charge is 2.43. The molecule has 0 saturated carbocycles. The smallest absolute Gasteiger partial charge is 0.249 e. The summed E-state index contributed by atoms with van der Waals surface area (Å²) in [5, 5.41) is 3.30. The van der Waals surface area contributed by atoms with Crippen LogP contribution in [0.2, 0.25) is 0 Å². The number of piperazine rings is 1. The topological polar surface area (TPSA) is 74.4 Å². The molecule has 8 nitrogen and oxygen atoms in total. The van der Waals surface area contributed by atoms with Crippen LogP contribution in [0.5, 0.6) is 0 Å². The number of ether oxygens (including phenoxy) is 2. The zero-order chi connectivity index (χ0) is 23.2. The van der Waals surface area contributed by atoms with Crippen LogP contribution >= 0.6 is 0 Å². The Kier molecular flexibility index (Phi) is 8.35. The van der Waals surface area contributed by atoms with Gasteiger partial charge in [-0.15, -0.1) is 0 Å². The van der Waals surface area contributed by atoms with Crippen molar-refractivity contribution >= 4 is 11.8 Å². The van der Waals surface area contributed by atoms with Crippen LogP contribution in [0.25, 0.3) is 0 Å². The lowest BCUT2D eigenvalue weighted by molar-refractivity contribution is -0.146. The van der Waals surface area contributed by atoms with E-state index in [2.05, 4.69) is 41.4 Å². The van der Waals surface area contributed by atoms with E-state index in [1.807, 2.05) is 4.90 Å². The van der Waals surface area contributed by atoms with Crippen LogP contribution in [-0.4, -0.2) is 104 Å². The summed E-state index contributed by atoms with van der Waals surface area (Å²) in [6, 6.07) is 8.29. The summed E-state index contributed by atoms with van der Waals surface area (Å²) < 4.78 is 11.1. The molecule has 0 bridgehead atoms. The van der Waals surface area contributed by atoms with Crippen LogP contribution < -0.4 is 5.32 Å². The number of rotatable bonds is 8. The Balaban J connectivity index is 1.53. The zero-order valence-electron chi connectivity index (χ0n) is 20.0. The second-order valence-corrected chi connectivity index (χ2v) is 9.51. The summed E-state index contributed by atoms with van der Waals surface area (Å²) in [5.41, 5.74) is 2.48. The summed E-state index contributed by atoms with van der Waals surface area (Å²) in [6.07, 6.45) is 3.01. The highest BCUT2D eigenvalue weighted by Crippen LogP contribution is 2.27. The van der Waals surface area contributed by atoms with E-state index in [0.29, 0.717) is 26.1 Å². The highest BCUT2D eigenvalue weighted by molar-refractivity contribution is 5.89. The van der Waals surface area contributed by atoms with Crippen LogP contribution in [0, 0.1) is 6.92 Å². The molecule has 3 fully saturated rings. The van der Waals surface area contributed by atoms with Crippen LogP contribution in [0.15, 0.2) is 24.3 Å². The number of aryl methyl sites for hydroxylation is 1. The molecule has 3 aliphatic rings. The molecule has 3 saturated heterocycles. The minimum absolute atomic E-state index is 0.00174. The number of methoxy groups -OCH3 is 1. The summed E-state index contributed by atoms with van der Waals surface area (Å²) in [4.78, 5) is 32.5. The molecule has 33 heavy (non-hydrogen) atoms. The predicted octanol–water partition coefficient (Wildman–Crippen LogP) is 1.02. The fraction of sp³-hybridized carbons (Fsp3) is 0.680. The van der Waals surface area contributed by atoms with Gasteiger partial charge < -0.3 is 24.6 Å². The lowest BCUT2D eigenvalue weighted by Gasteiger charge is -2.32. The third-order valence-electron chi connectivity index (χ3n) is 7.07. The van der Waals surface area contributed by atoms with Gasteiger partial charge in [0.25, 0.3) is 0 Å². The van der Waals surface area contributed by atoms with Gasteiger partial charge in [-0.3, -0.25) is 14.5 Å².